The van der Waals surface area contributed by atoms with Crippen LogP contribution >= 0.6 is 0 Å². The maximum Gasteiger partial charge on any atom is 0.248 e. The van der Waals surface area contributed by atoms with Crippen LogP contribution in [0.2, 0.25) is 0 Å². The third-order valence-electron chi connectivity index (χ3n) is 3.89. The van der Waals surface area contributed by atoms with Gasteiger partial charge in [0, 0.05) is 12.1 Å². The predicted molar refractivity (Wildman–Crippen MR) is 93.8 cm³/mol. The quantitative estimate of drug-likeness (QED) is 0.690. The van der Waals surface area contributed by atoms with Crippen molar-refractivity contribution in [2.75, 3.05) is 19.7 Å². The molecule has 0 saturated heterocycles. The molecule has 0 saturated carbocycles. The Hall–Kier alpha value is -2.53. The average molecular weight is 343 g/mol. The van der Waals surface area contributed by atoms with Crippen molar-refractivity contribution in [3.05, 3.63) is 71.0 Å². The van der Waals surface area contributed by atoms with E-state index < -0.39 is 0 Å². The Bertz CT molecular complexity index is 731. The molecule has 0 unspecified atom stereocenters. The third kappa shape index (κ3) is 5.50. The van der Waals surface area contributed by atoms with Gasteiger partial charge in [-0.15, -0.1) is 0 Å². The zero-order chi connectivity index (χ0) is 18.2. The highest BCUT2D eigenvalue weighted by Gasteiger charge is 2.17. The molecule has 0 aliphatic rings. The number of nitrogens with zero attached hydrogens (tertiary/aromatic N) is 1. The smallest absolute Gasteiger partial charge is 0.248 e. The topological polar surface area (TPSA) is 46.6 Å². The lowest BCUT2D eigenvalue weighted by molar-refractivity contribution is -0.135. The Morgan fingerprint density at radius 3 is 2.48 bits per heavy atom. The minimum Gasteiger partial charge on any atom is -0.367 e. The first-order valence-corrected chi connectivity index (χ1v) is 8.20. The maximum atomic E-state index is 13.3. The van der Waals surface area contributed by atoms with E-state index in [4.69, 9.17) is 4.74 Å². The van der Waals surface area contributed by atoms with Gasteiger partial charge in [-0.05, 0) is 43.2 Å². The second-order valence-corrected chi connectivity index (χ2v) is 5.77. The minimum atomic E-state index is -0.353. The van der Waals surface area contributed by atoms with Gasteiger partial charge in [-0.3, -0.25) is 9.59 Å². The molecule has 25 heavy (non-hydrogen) atoms. The standard InChI is InChI=1S/C20H22FNO3/c1-3-22(12-19(23)17-9-10-18(21)15(2)11-17)20(24)14-25-13-16-7-5-4-6-8-16/h4-11H,3,12-14H2,1-2H3. The Balaban J connectivity index is 1.88. The summed E-state index contributed by atoms with van der Waals surface area (Å²) in [4.78, 5) is 26.0. The van der Waals surface area contributed by atoms with Gasteiger partial charge in [-0.2, -0.15) is 0 Å². The summed E-state index contributed by atoms with van der Waals surface area (Å²) in [5.74, 6) is -0.818. The average Bonchev–Trinajstić information content (AvgIpc) is 2.62. The van der Waals surface area contributed by atoms with E-state index >= 15 is 0 Å². The van der Waals surface area contributed by atoms with Crippen LogP contribution in [0.3, 0.4) is 0 Å². The summed E-state index contributed by atoms with van der Waals surface area (Å²) < 4.78 is 18.7. The molecule has 2 aromatic carbocycles. The van der Waals surface area contributed by atoms with Crippen LogP contribution in [0.4, 0.5) is 4.39 Å². The normalized spacial score (nSPS) is 10.5. The van der Waals surface area contributed by atoms with Crippen LogP contribution in [-0.2, 0) is 16.1 Å². The van der Waals surface area contributed by atoms with Crippen molar-refractivity contribution in [2.45, 2.75) is 20.5 Å². The van der Waals surface area contributed by atoms with Crippen LogP contribution < -0.4 is 0 Å². The number of hydrogen-bond donors (Lipinski definition) is 0. The number of aryl methyl sites for hydroxylation is 1. The number of amides is 1. The van der Waals surface area contributed by atoms with Crippen LogP contribution in [0.25, 0.3) is 0 Å². The summed E-state index contributed by atoms with van der Waals surface area (Å²) in [5, 5.41) is 0. The number of rotatable bonds is 8. The summed E-state index contributed by atoms with van der Waals surface area (Å²) in [6.45, 7) is 4.02. The first-order valence-electron chi connectivity index (χ1n) is 8.20. The number of likely N-dealkylation sites (N-methyl/N-ethyl adjacent to an activating group) is 1. The van der Waals surface area contributed by atoms with Gasteiger partial charge < -0.3 is 9.64 Å². The minimum absolute atomic E-state index is 0.0465. The molecule has 0 atom stereocenters. The van der Waals surface area contributed by atoms with Gasteiger partial charge in [0.25, 0.3) is 0 Å². The number of carbonyl (C=O) groups is 2. The van der Waals surface area contributed by atoms with Crippen LogP contribution in [0.15, 0.2) is 48.5 Å². The molecule has 2 aromatic rings. The van der Waals surface area contributed by atoms with Crippen molar-refractivity contribution < 1.29 is 18.7 Å². The van der Waals surface area contributed by atoms with Crippen LogP contribution in [0.1, 0.15) is 28.4 Å². The van der Waals surface area contributed by atoms with E-state index in [0.29, 0.717) is 24.3 Å². The number of ether oxygens (including phenoxy) is 1. The fourth-order valence-corrected chi connectivity index (χ4v) is 2.38. The van der Waals surface area contributed by atoms with Crippen molar-refractivity contribution in [3.8, 4) is 0 Å². The molecule has 0 fully saturated rings. The van der Waals surface area contributed by atoms with Crippen LogP contribution in [0, 0.1) is 12.7 Å². The van der Waals surface area contributed by atoms with Gasteiger partial charge in [-0.25, -0.2) is 4.39 Å². The van der Waals surface area contributed by atoms with Crippen molar-refractivity contribution >= 4 is 11.7 Å². The molecule has 0 N–H and O–H groups in total. The van der Waals surface area contributed by atoms with Crippen molar-refractivity contribution in [1.82, 2.24) is 4.90 Å². The number of hydrogen-bond acceptors (Lipinski definition) is 3. The Labute approximate surface area is 147 Å². The predicted octanol–water partition coefficient (Wildman–Crippen LogP) is 3.38. The van der Waals surface area contributed by atoms with E-state index in [1.807, 2.05) is 30.3 Å². The lowest BCUT2D eigenvalue weighted by Gasteiger charge is -2.20. The number of carbonyl (C=O) groups excluding carboxylic acids is 2. The molecule has 0 aliphatic carbocycles. The Morgan fingerprint density at radius 1 is 1.12 bits per heavy atom. The first-order chi connectivity index (χ1) is 12.0. The molecule has 0 spiro atoms. The van der Waals surface area contributed by atoms with Gasteiger partial charge in [0.05, 0.1) is 13.2 Å². The Morgan fingerprint density at radius 2 is 1.84 bits per heavy atom. The molecular formula is C20H22FNO3. The molecule has 0 heterocycles. The van der Waals surface area contributed by atoms with E-state index in [1.54, 1.807) is 13.8 Å². The largest absolute Gasteiger partial charge is 0.367 e. The second-order valence-electron chi connectivity index (χ2n) is 5.77. The summed E-state index contributed by atoms with van der Waals surface area (Å²) in [5.41, 5.74) is 1.79. The number of halogens is 1. The van der Waals surface area contributed by atoms with Crippen LogP contribution in [-0.4, -0.2) is 36.3 Å². The van der Waals surface area contributed by atoms with Gasteiger partial charge in [-0.1, -0.05) is 30.3 Å². The fourth-order valence-electron chi connectivity index (χ4n) is 2.38. The van der Waals surface area contributed by atoms with Crippen molar-refractivity contribution in [1.29, 1.82) is 0 Å². The molecular weight excluding hydrogens is 321 g/mol. The molecule has 5 heteroatoms. The SMILES string of the molecule is CCN(CC(=O)c1ccc(F)c(C)c1)C(=O)COCc1ccccc1. The third-order valence-corrected chi connectivity index (χ3v) is 3.89. The monoisotopic (exact) mass is 343 g/mol. The molecule has 0 radical (unpaired) electrons. The van der Waals surface area contributed by atoms with E-state index in [1.165, 1.54) is 23.1 Å². The second kappa shape index (κ2) is 9.08. The van der Waals surface area contributed by atoms with Gasteiger partial charge in [0.1, 0.15) is 12.4 Å². The van der Waals surface area contributed by atoms with Crippen LogP contribution in [0.5, 0.6) is 0 Å². The molecule has 0 aromatic heterocycles. The highest BCUT2D eigenvalue weighted by molar-refractivity contribution is 5.99. The Kier molecular flexibility index (Phi) is 6.83. The van der Waals surface area contributed by atoms with E-state index in [0.717, 1.165) is 5.56 Å². The highest BCUT2D eigenvalue weighted by atomic mass is 19.1. The highest BCUT2D eigenvalue weighted by Crippen LogP contribution is 2.11. The van der Waals surface area contributed by atoms with E-state index in [2.05, 4.69) is 0 Å². The summed E-state index contributed by atoms with van der Waals surface area (Å²) in [6, 6.07) is 13.8. The zero-order valence-electron chi connectivity index (χ0n) is 14.5. The number of ketones is 1. The first kappa shape index (κ1) is 18.8. The van der Waals surface area contributed by atoms with Crippen molar-refractivity contribution in [3.63, 3.8) is 0 Å². The van der Waals surface area contributed by atoms with Gasteiger partial charge >= 0.3 is 0 Å². The molecule has 4 nitrogen and oxygen atoms in total. The van der Waals surface area contributed by atoms with E-state index in [-0.39, 0.29) is 30.7 Å². The van der Waals surface area contributed by atoms with E-state index in [9.17, 15) is 14.0 Å². The number of benzene rings is 2. The zero-order valence-corrected chi connectivity index (χ0v) is 14.5. The summed E-state index contributed by atoms with van der Waals surface area (Å²) in [6.07, 6.45) is 0. The molecule has 1 amide bonds. The fraction of sp³-hybridized carbons (Fsp3) is 0.300. The maximum absolute atomic E-state index is 13.3. The molecule has 0 aliphatic heterocycles. The molecule has 2 rings (SSSR count). The summed E-state index contributed by atoms with van der Waals surface area (Å²) in [7, 11) is 0. The number of Topliss-reactive ketones (excluding diaryl/α,β-unsaturated/α-hetero) is 1. The van der Waals surface area contributed by atoms with Crippen molar-refractivity contribution in [2.24, 2.45) is 0 Å². The van der Waals surface area contributed by atoms with Gasteiger partial charge in [0.2, 0.25) is 5.91 Å². The van der Waals surface area contributed by atoms with Gasteiger partial charge in [0.15, 0.2) is 5.78 Å². The lowest BCUT2D eigenvalue weighted by atomic mass is 10.1. The lowest BCUT2D eigenvalue weighted by Crippen LogP contribution is -2.38. The molecule has 132 valence electrons. The molecule has 0 bridgehead atoms. The summed E-state index contributed by atoms with van der Waals surface area (Å²) >= 11 is 0.